The molecule has 0 unspecified atom stereocenters. The molecule has 4 nitrogen and oxygen atoms in total. The number of rotatable bonds is 6. The quantitative estimate of drug-likeness (QED) is 0.889. The van der Waals surface area contributed by atoms with E-state index < -0.39 is 0 Å². The number of anilines is 1. The summed E-state index contributed by atoms with van der Waals surface area (Å²) in [7, 11) is 3.54. The normalized spacial score (nSPS) is 10.7. The lowest BCUT2D eigenvalue weighted by Gasteiger charge is -2.18. The molecular formula is C19H24N2O2. The first-order valence-electron chi connectivity index (χ1n) is 7.67. The molecule has 4 heteroatoms. The van der Waals surface area contributed by atoms with E-state index in [-0.39, 0.29) is 5.91 Å². The molecular weight excluding hydrogens is 288 g/mol. The van der Waals surface area contributed by atoms with Crippen molar-refractivity contribution in [2.24, 2.45) is 0 Å². The van der Waals surface area contributed by atoms with Crippen molar-refractivity contribution >= 4 is 11.6 Å². The fourth-order valence-corrected chi connectivity index (χ4v) is 2.55. The van der Waals surface area contributed by atoms with Gasteiger partial charge in [-0.3, -0.25) is 9.69 Å². The number of carbonyl (C=O) groups excluding carboxylic acids is 1. The van der Waals surface area contributed by atoms with Crippen molar-refractivity contribution in [1.82, 2.24) is 4.90 Å². The number of hydrogen-bond donors (Lipinski definition) is 1. The third-order valence-electron chi connectivity index (χ3n) is 3.73. The van der Waals surface area contributed by atoms with Crippen LogP contribution in [0.4, 0.5) is 5.69 Å². The zero-order valence-electron chi connectivity index (χ0n) is 14.2. The first-order chi connectivity index (χ1) is 11.0. The van der Waals surface area contributed by atoms with Crippen molar-refractivity contribution in [3.05, 3.63) is 59.2 Å². The average Bonchev–Trinajstić information content (AvgIpc) is 2.50. The molecule has 0 saturated heterocycles. The van der Waals surface area contributed by atoms with E-state index in [2.05, 4.69) is 37.4 Å². The zero-order chi connectivity index (χ0) is 16.8. The topological polar surface area (TPSA) is 41.6 Å². The summed E-state index contributed by atoms with van der Waals surface area (Å²) in [5, 5.41) is 2.90. The molecule has 0 atom stereocenters. The van der Waals surface area contributed by atoms with E-state index in [0.717, 1.165) is 6.54 Å². The lowest BCUT2D eigenvalue weighted by atomic mass is 10.1. The highest BCUT2D eigenvalue weighted by molar-refractivity contribution is 5.93. The second-order valence-electron chi connectivity index (χ2n) is 5.85. The number of likely N-dealkylation sites (N-methyl/N-ethyl adjacent to an activating group) is 1. The molecule has 2 rings (SSSR count). The molecule has 1 amide bonds. The summed E-state index contributed by atoms with van der Waals surface area (Å²) in [6.45, 7) is 5.25. The van der Waals surface area contributed by atoms with Gasteiger partial charge in [-0.15, -0.1) is 0 Å². The van der Waals surface area contributed by atoms with Gasteiger partial charge in [-0.2, -0.15) is 0 Å². The summed E-state index contributed by atoms with van der Waals surface area (Å²) < 4.78 is 5.25. The van der Waals surface area contributed by atoms with Crippen LogP contribution in [0.1, 0.15) is 16.7 Å². The maximum Gasteiger partial charge on any atom is 0.238 e. The number of ether oxygens (including phenoxy) is 1. The molecule has 23 heavy (non-hydrogen) atoms. The van der Waals surface area contributed by atoms with Crippen LogP contribution in [0.25, 0.3) is 0 Å². The number of nitrogens with one attached hydrogen (secondary N) is 1. The van der Waals surface area contributed by atoms with Crippen LogP contribution < -0.4 is 10.1 Å². The Morgan fingerprint density at radius 2 is 1.91 bits per heavy atom. The minimum absolute atomic E-state index is 0.0539. The van der Waals surface area contributed by atoms with Crippen molar-refractivity contribution in [3.63, 3.8) is 0 Å². The molecule has 0 fully saturated rings. The van der Waals surface area contributed by atoms with E-state index in [9.17, 15) is 4.79 Å². The summed E-state index contributed by atoms with van der Waals surface area (Å²) in [6, 6.07) is 13.8. The van der Waals surface area contributed by atoms with Crippen LogP contribution in [0, 0.1) is 13.8 Å². The Kier molecular flexibility index (Phi) is 5.77. The Morgan fingerprint density at radius 1 is 1.17 bits per heavy atom. The summed E-state index contributed by atoms with van der Waals surface area (Å²) in [6.07, 6.45) is 0. The number of nitrogens with zero attached hydrogens (tertiary/aromatic N) is 1. The molecule has 1 N–H and O–H groups in total. The number of benzene rings is 2. The summed E-state index contributed by atoms with van der Waals surface area (Å²) in [4.78, 5) is 14.2. The molecule has 2 aromatic carbocycles. The predicted octanol–water partition coefficient (Wildman–Crippen LogP) is 3.38. The fraction of sp³-hybridized carbons (Fsp3) is 0.316. The molecule has 0 radical (unpaired) electrons. The van der Waals surface area contributed by atoms with Gasteiger partial charge in [0.25, 0.3) is 0 Å². The molecule has 0 saturated carbocycles. The van der Waals surface area contributed by atoms with Gasteiger partial charge < -0.3 is 10.1 Å². The second-order valence-corrected chi connectivity index (χ2v) is 5.85. The highest BCUT2D eigenvalue weighted by Crippen LogP contribution is 2.22. The molecule has 0 aliphatic heterocycles. The lowest BCUT2D eigenvalue weighted by molar-refractivity contribution is -0.117. The Balaban J connectivity index is 1.94. The van der Waals surface area contributed by atoms with Gasteiger partial charge in [0.1, 0.15) is 5.75 Å². The van der Waals surface area contributed by atoms with Crippen molar-refractivity contribution in [3.8, 4) is 5.75 Å². The monoisotopic (exact) mass is 312 g/mol. The van der Waals surface area contributed by atoms with Gasteiger partial charge in [0.15, 0.2) is 0 Å². The first-order valence-corrected chi connectivity index (χ1v) is 7.67. The maximum absolute atomic E-state index is 12.2. The van der Waals surface area contributed by atoms with Gasteiger partial charge in [0.05, 0.1) is 19.3 Å². The predicted molar refractivity (Wildman–Crippen MR) is 93.9 cm³/mol. The minimum Gasteiger partial charge on any atom is -0.495 e. The van der Waals surface area contributed by atoms with Gasteiger partial charge in [-0.05, 0) is 44.2 Å². The number of hydrogen-bond acceptors (Lipinski definition) is 3. The minimum atomic E-state index is -0.0539. The maximum atomic E-state index is 12.2. The van der Waals surface area contributed by atoms with Crippen molar-refractivity contribution in [1.29, 1.82) is 0 Å². The second kappa shape index (κ2) is 7.79. The average molecular weight is 312 g/mol. The highest BCUT2D eigenvalue weighted by atomic mass is 16.5. The van der Waals surface area contributed by atoms with Crippen molar-refractivity contribution in [2.75, 3.05) is 26.0 Å². The third kappa shape index (κ3) is 4.83. The van der Waals surface area contributed by atoms with Gasteiger partial charge in [0.2, 0.25) is 5.91 Å². The Bertz CT molecular complexity index is 683. The van der Waals surface area contributed by atoms with Crippen LogP contribution in [0.2, 0.25) is 0 Å². The van der Waals surface area contributed by atoms with Crippen LogP contribution in [-0.4, -0.2) is 31.5 Å². The van der Waals surface area contributed by atoms with Crippen LogP contribution in [0.3, 0.4) is 0 Å². The molecule has 0 heterocycles. The Labute approximate surface area is 138 Å². The van der Waals surface area contributed by atoms with Crippen LogP contribution >= 0.6 is 0 Å². The third-order valence-corrected chi connectivity index (χ3v) is 3.73. The van der Waals surface area contributed by atoms with Crippen LogP contribution in [0.5, 0.6) is 5.75 Å². The standard InChI is InChI=1S/C19H24N2O2/c1-14-9-10-16(15(2)11-14)12-21(3)13-19(22)20-17-7-5-6-8-18(17)23-4/h5-11H,12-13H2,1-4H3,(H,20,22). The van der Waals surface area contributed by atoms with E-state index in [1.54, 1.807) is 7.11 Å². The van der Waals surface area contributed by atoms with E-state index in [1.807, 2.05) is 36.2 Å². The number of para-hydroxylation sites is 2. The number of methoxy groups -OCH3 is 1. The summed E-state index contributed by atoms with van der Waals surface area (Å²) >= 11 is 0. The largest absolute Gasteiger partial charge is 0.495 e. The first kappa shape index (κ1) is 17.0. The Morgan fingerprint density at radius 3 is 2.61 bits per heavy atom. The van der Waals surface area contributed by atoms with Crippen molar-refractivity contribution < 1.29 is 9.53 Å². The molecule has 2 aromatic rings. The van der Waals surface area contributed by atoms with Crippen molar-refractivity contribution in [2.45, 2.75) is 20.4 Å². The van der Waals surface area contributed by atoms with E-state index in [1.165, 1.54) is 16.7 Å². The summed E-state index contributed by atoms with van der Waals surface area (Å²) in [5.74, 6) is 0.611. The molecule has 0 bridgehead atoms. The lowest BCUT2D eigenvalue weighted by Crippen LogP contribution is -2.30. The summed E-state index contributed by atoms with van der Waals surface area (Å²) in [5.41, 5.74) is 4.44. The van der Waals surface area contributed by atoms with E-state index >= 15 is 0 Å². The van der Waals surface area contributed by atoms with E-state index in [4.69, 9.17) is 4.74 Å². The van der Waals surface area contributed by atoms with Crippen LogP contribution in [0.15, 0.2) is 42.5 Å². The fourth-order valence-electron chi connectivity index (χ4n) is 2.55. The zero-order valence-corrected chi connectivity index (χ0v) is 14.2. The molecule has 0 aliphatic rings. The van der Waals surface area contributed by atoms with Gasteiger partial charge in [-0.25, -0.2) is 0 Å². The molecule has 122 valence electrons. The number of amides is 1. The molecule has 0 spiro atoms. The SMILES string of the molecule is COc1ccccc1NC(=O)CN(C)Cc1ccc(C)cc1C. The number of carbonyl (C=O) groups is 1. The molecule has 0 aromatic heterocycles. The van der Waals surface area contributed by atoms with Gasteiger partial charge >= 0.3 is 0 Å². The Hall–Kier alpha value is -2.33. The highest BCUT2D eigenvalue weighted by Gasteiger charge is 2.11. The van der Waals surface area contributed by atoms with E-state index in [0.29, 0.717) is 18.0 Å². The van der Waals surface area contributed by atoms with Gasteiger partial charge in [0, 0.05) is 6.54 Å². The molecule has 0 aliphatic carbocycles. The smallest absolute Gasteiger partial charge is 0.238 e. The number of aryl methyl sites for hydroxylation is 2. The van der Waals surface area contributed by atoms with Crippen LogP contribution in [-0.2, 0) is 11.3 Å². The van der Waals surface area contributed by atoms with Gasteiger partial charge in [-0.1, -0.05) is 35.9 Å².